The van der Waals surface area contributed by atoms with Gasteiger partial charge in [0.05, 0.1) is 22.9 Å². The Bertz CT molecular complexity index is 784. The molecule has 1 aromatic heterocycles. The summed E-state index contributed by atoms with van der Waals surface area (Å²) in [6.07, 6.45) is 1.52. The van der Waals surface area contributed by atoms with E-state index in [2.05, 4.69) is 21.6 Å². The number of aryl methyl sites for hydroxylation is 1. The van der Waals surface area contributed by atoms with Crippen molar-refractivity contribution in [2.75, 3.05) is 12.5 Å². The molecule has 0 atom stereocenters. The Morgan fingerprint density at radius 2 is 2.22 bits per heavy atom. The Kier molecular flexibility index (Phi) is 5.94. The fourth-order valence-electron chi connectivity index (χ4n) is 2.00. The maximum atomic E-state index is 9.34. The number of rotatable bonds is 5. The lowest BCUT2D eigenvalue weighted by Crippen LogP contribution is -2.03. The molecule has 118 valence electrons. The third kappa shape index (κ3) is 4.20. The van der Waals surface area contributed by atoms with Crippen LogP contribution in [0.3, 0.4) is 0 Å². The van der Waals surface area contributed by atoms with Crippen molar-refractivity contribution in [2.24, 2.45) is 5.10 Å². The van der Waals surface area contributed by atoms with Gasteiger partial charge in [0.1, 0.15) is 11.6 Å². The topological polar surface area (TPSA) is 70.3 Å². The number of nitrogens with zero attached hydrogens (tertiary/aromatic N) is 3. The van der Waals surface area contributed by atoms with Gasteiger partial charge >= 0.3 is 0 Å². The number of benzene rings is 1. The van der Waals surface area contributed by atoms with Gasteiger partial charge < -0.3 is 4.74 Å². The number of hydrogen-bond donors (Lipinski definition) is 1. The molecule has 0 aliphatic rings. The Balaban J connectivity index is 2.28. The lowest BCUT2D eigenvalue weighted by atomic mass is 10.1. The third-order valence-corrected chi connectivity index (χ3v) is 3.83. The van der Waals surface area contributed by atoms with Crippen molar-refractivity contribution in [3.05, 3.63) is 56.7 Å². The monoisotopic (exact) mass is 348 g/mol. The first-order valence-corrected chi connectivity index (χ1v) is 7.45. The zero-order chi connectivity index (χ0) is 16.8. The fourth-order valence-corrected chi connectivity index (χ4v) is 2.36. The molecule has 7 heteroatoms. The largest absolute Gasteiger partial charge is 0.380 e. The molecule has 0 aliphatic heterocycles. The highest BCUT2D eigenvalue weighted by atomic mass is 35.5. The van der Waals surface area contributed by atoms with Crippen molar-refractivity contribution >= 4 is 35.2 Å². The van der Waals surface area contributed by atoms with Gasteiger partial charge in [-0.3, -0.25) is 5.43 Å². The second-order valence-electron chi connectivity index (χ2n) is 4.70. The molecule has 0 saturated heterocycles. The van der Waals surface area contributed by atoms with Gasteiger partial charge in [-0.2, -0.15) is 10.4 Å². The van der Waals surface area contributed by atoms with E-state index in [9.17, 15) is 5.26 Å². The van der Waals surface area contributed by atoms with Crippen molar-refractivity contribution in [2.45, 2.75) is 13.5 Å². The highest BCUT2D eigenvalue weighted by Gasteiger charge is 2.11. The molecule has 1 aromatic carbocycles. The lowest BCUT2D eigenvalue weighted by Gasteiger charge is -2.09. The van der Waals surface area contributed by atoms with Crippen molar-refractivity contribution < 1.29 is 4.74 Å². The Morgan fingerprint density at radius 1 is 1.43 bits per heavy atom. The van der Waals surface area contributed by atoms with Gasteiger partial charge in [-0.25, -0.2) is 4.98 Å². The maximum absolute atomic E-state index is 9.34. The zero-order valence-corrected chi connectivity index (χ0v) is 14.1. The summed E-state index contributed by atoms with van der Waals surface area (Å²) in [6, 6.07) is 9.18. The second kappa shape index (κ2) is 7.93. The van der Waals surface area contributed by atoms with Crippen LogP contribution >= 0.6 is 23.2 Å². The van der Waals surface area contributed by atoms with E-state index >= 15 is 0 Å². The summed E-state index contributed by atoms with van der Waals surface area (Å²) in [5.74, 6) is 0.369. The van der Waals surface area contributed by atoms with E-state index in [-0.39, 0.29) is 0 Å². The fraction of sp³-hybridized carbons (Fsp3) is 0.188. The molecule has 0 bridgehead atoms. The van der Waals surface area contributed by atoms with Gasteiger partial charge in [0.2, 0.25) is 0 Å². The van der Waals surface area contributed by atoms with Gasteiger partial charge in [0.25, 0.3) is 0 Å². The molecule has 1 N–H and O–H groups in total. The van der Waals surface area contributed by atoms with Crippen molar-refractivity contribution in [1.82, 2.24) is 4.98 Å². The van der Waals surface area contributed by atoms with Crippen LogP contribution in [0.2, 0.25) is 10.0 Å². The number of nitriles is 1. The van der Waals surface area contributed by atoms with Gasteiger partial charge in [0, 0.05) is 23.9 Å². The first-order valence-electron chi connectivity index (χ1n) is 6.69. The molecule has 2 rings (SSSR count). The van der Waals surface area contributed by atoms with Crippen LogP contribution in [0.5, 0.6) is 0 Å². The molecule has 0 fully saturated rings. The van der Waals surface area contributed by atoms with Crippen LogP contribution in [-0.4, -0.2) is 18.3 Å². The Hall–Kier alpha value is -2.13. The van der Waals surface area contributed by atoms with Crippen LogP contribution in [0.25, 0.3) is 0 Å². The van der Waals surface area contributed by atoms with E-state index in [1.54, 1.807) is 25.3 Å². The molecule has 2 aromatic rings. The van der Waals surface area contributed by atoms with Crippen LogP contribution in [0.4, 0.5) is 5.82 Å². The minimum Gasteiger partial charge on any atom is -0.380 e. The first kappa shape index (κ1) is 17.2. The average Bonchev–Trinajstić information content (AvgIpc) is 2.51. The summed E-state index contributed by atoms with van der Waals surface area (Å²) in [4.78, 5) is 4.30. The molecule has 0 amide bonds. The standard InChI is InChI=1S/C16H14Cl2N4O/c1-10-6-12(9-23-2)13(7-19)16(21-10)22-20-8-11-4-3-5-14(17)15(11)18/h3-6,8H,9H2,1-2H3,(H,21,22)/b20-8+. The quantitative estimate of drug-likeness (QED) is 0.650. The normalized spacial score (nSPS) is 10.7. The molecular weight excluding hydrogens is 335 g/mol. The predicted molar refractivity (Wildman–Crippen MR) is 92.1 cm³/mol. The smallest absolute Gasteiger partial charge is 0.164 e. The van der Waals surface area contributed by atoms with Crippen LogP contribution < -0.4 is 5.43 Å². The number of ether oxygens (including phenoxy) is 1. The minimum absolute atomic E-state index is 0.324. The summed E-state index contributed by atoms with van der Waals surface area (Å²) in [5, 5.41) is 14.3. The number of halogens is 2. The highest BCUT2D eigenvalue weighted by Crippen LogP contribution is 2.24. The molecular formula is C16H14Cl2N4O. The molecule has 23 heavy (non-hydrogen) atoms. The molecule has 0 spiro atoms. The van der Waals surface area contributed by atoms with Crippen LogP contribution in [0.15, 0.2) is 29.4 Å². The number of pyridine rings is 1. The van der Waals surface area contributed by atoms with E-state index in [0.717, 1.165) is 11.3 Å². The van der Waals surface area contributed by atoms with Gasteiger partial charge in [0.15, 0.2) is 5.82 Å². The van der Waals surface area contributed by atoms with Gasteiger partial charge in [-0.15, -0.1) is 0 Å². The summed E-state index contributed by atoms with van der Waals surface area (Å²) in [5.41, 5.74) is 5.34. The van der Waals surface area contributed by atoms with Gasteiger partial charge in [-0.1, -0.05) is 35.3 Å². The van der Waals surface area contributed by atoms with Crippen LogP contribution in [-0.2, 0) is 11.3 Å². The van der Waals surface area contributed by atoms with Crippen LogP contribution in [0, 0.1) is 18.3 Å². The number of methoxy groups -OCH3 is 1. The number of hydrazone groups is 1. The molecule has 1 heterocycles. The molecule has 0 unspecified atom stereocenters. The van der Waals surface area contributed by atoms with Crippen molar-refractivity contribution in [3.63, 3.8) is 0 Å². The maximum Gasteiger partial charge on any atom is 0.164 e. The third-order valence-electron chi connectivity index (χ3n) is 3.00. The molecule has 5 nitrogen and oxygen atoms in total. The van der Waals surface area contributed by atoms with Crippen LogP contribution in [0.1, 0.15) is 22.4 Å². The summed E-state index contributed by atoms with van der Waals surface area (Å²) in [6.45, 7) is 2.16. The molecule has 0 aliphatic carbocycles. The van der Waals surface area contributed by atoms with Crippen molar-refractivity contribution in [3.8, 4) is 6.07 Å². The predicted octanol–water partition coefficient (Wildman–Crippen LogP) is 4.16. The average molecular weight is 349 g/mol. The summed E-state index contributed by atoms with van der Waals surface area (Å²) < 4.78 is 5.11. The summed E-state index contributed by atoms with van der Waals surface area (Å²) >= 11 is 12.0. The number of aromatic nitrogens is 1. The van der Waals surface area contributed by atoms with E-state index in [1.807, 2.05) is 13.0 Å². The first-order chi connectivity index (χ1) is 11.1. The van der Waals surface area contributed by atoms with E-state index in [0.29, 0.717) is 33.6 Å². The van der Waals surface area contributed by atoms with E-state index in [1.165, 1.54) is 6.21 Å². The number of anilines is 1. The Labute approximate surface area is 144 Å². The number of hydrogen-bond acceptors (Lipinski definition) is 5. The molecule has 0 radical (unpaired) electrons. The summed E-state index contributed by atoms with van der Waals surface area (Å²) in [7, 11) is 1.57. The zero-order valence-electron chi connectivity index (χ0n) is 12.6. The SMILES string of the molecule is COCc1cc(C)nc(N/N=C/c2cccc(Cl)c2Cl)c1C#N. The second-order valence-corrected chi connectivity index (χ2v) is 5.49. The van der Waals surface area contributed by atoms with Gasteiger partial charge in [-0.05, 0) is 19.1 Å². The Morgan fingerprint density at radius 3 is 2.91 bits per heavy atom. The van der Waals surface area contributed by atoms with Crippen molar-refractivity contribution in [1.29, 1.82) is 5.26 Å². The molecule has 0 saturated carbocycles. The highest BCUT2D eigenvalue weighted by molar-refractivity contribution is 6.43. The number of nitrogens with one attached hydrogen (secondary N) is 1. The van der Waals surface area contributed by atoms with E-state index in [4.69, 9.17) is 27.9 Å². The van der Waals surface area contributed by atoms with E-state index < -0.39 is 0 Å². The minimum atomic E-state index is 0.324. The lowest BCUT2D eigenvalue weighted by molar-refractivity contribution is 0.184.